The monoisotopic (exact) mass is 557 g/mol. The number of hydrogen-bond acceptors (Lipinski definition) is 5. The maximum Gasteiger partial charge on any atom is 0.282 e. The van der Waals surface area contributed by atoms with Crippen LogP contribution in [0.15, 0.2) is 69.0 Å². The van der Waals surface area contributed by atoms with Gasteiger partial charge in [-0.1, -0.05) is 47.8 Å². The van der Waals surface area contributed by atoms with E-state index in [0.29, 0.717) is 34.6 Å². The van der Waals surface area contributed by atoms with E-state index < -0.39 is 0 Å². The van der Waals surface area contributed by atoms with Crippen molar-refractivity contribution in [2.24, 2.45) is 5.10 Å². The molecular formula is C30H28BrN3O3. The van der Waals surface area contributed by atoms with Gasteiger partial charge >= 0.3 is 0 Å². The summed E-state index contributed by atoms with van der Waals surface area (Å²) in [6.07, 6.45) is 6.96. The highest BCUT2D eigenvalue weighted by Gasteiger charge is 2.18. The van der Waals surface area contributed by atoms with Crippen LogP contribution >= 0.6 is 15.9 Å². The van der Waals surface area contributed by atoms with E-state index in [2.05, 4.69) is 40.8 Å². The van der Waals surface area contributed by atoms with Crippen LogP contribution in [0.3, 0.4) is 0 Å². The van der Waals surface area contributed by atoms with Crippen LogP contribution in [0, 0.1) is 19.3 Å². The van der Waals surface area contributed by atoms with Gasteiger partial charge in [-0.05, 0) is 73.4 Å². The normalized spacial score (nSPS) is 11.3. The fourth-order valence-electron chi connectivity index (χ4n) is 4.07. The van der Waals surface area contributed by atoms with Gasteiger partial charge < -0.3 is 9.47 Å². The summed E-state index contributed by atoms with van der Waals surface area (Å²) in [6, 6.07) is 16.8. The van der Waals surface area contributed by atoms with Gasteiger partial charge in [-0.2, -0.15) is 9.78 Å². The van der Waals surface area contributed by atoms with Gasteiger partial charge in [-0.15, -0.1) is 6.42 Å². The van der Waals surface area contributed by atoms with Gasteiger partial charge in [0.1, 0.15) is 18.1 Å². The number of fused-ring (bicyclic) bond motifs is 1. The van der Waals surface area contributed by atoms with Crippen molar-refractivity contribution in [3.8, 4) is 35.2 Å². The zero-order chi connectivity index (χ0) is 26.5. The average molecular weight is 558 g/mol. The van der Waals surface area contributed by atoms with Crippen LogP contribution in [0.4, 0.5) is 0 Å². The number of hydrogen-bond donors (Lipinski definition) is 0. The lowest BCUT2D eigenvalue weighted by atomic mass is 9.96. The Morgan fingerprint density at radius 1 is 1.14 bits per heavy atom. The summed E-state index contributed by atoms with van der Waals surface area (Å²) in [5, 5.41) is 5.10. The number of halogens is 1. The van der Waals surface area contributed by atoms with Crippen molar-refractivity contribution in [3.05, 3.63) is 86.1 Å². The molecule has 7 heteroatoms. The summed E-state index contributed by atoms with van der Waals surface area (Å²) in [5.41, 5.74) is 3.79. The highest BCUT2D eigenvalue weighted by Crippen LogP contribution is 2.34. The molecule has 0 saturated carbocycles. The molecule has 4 rings (SSSR count). The second kappa shape index (κ2) is 11.4. The molecule has 0 radical (unpaired) electrons. The quantitative estimate of drug-likeness (QED) is 0.182. The topological polar surface area (TPSA) is 65.7 Å². The van der Waals surface area contributed by atoms with E-state index in [1.807, 2.05) is 56.3 Å². The number of rotatable bonds is 8. The molecule has 4 aromatic rings. The number of ether oxygens (including phenoxy) is 2. The molecule has 0 aliphatic rings. The van der Waals surface area contributed by atoms with Crippen LogP contribution in [0.1, 0.15) is 43.4 Å². The Hall–Kier alpha value is -3.89. The van der Waals surface area contributed by atoms with E-state index in [-0.39, 0.29) is 18.1 Å². The van der Waals surface area contributed by atoms with E-state index in [1.165, 1.54) is 4.68 Å². The van der Waals surface area contributed by atoms with Crippen LogP contribution in [0.5, 0.6) is 11.5 Å². The number of aromatic nitrogens is 2. The molecule has 188 valence electrons. The first-order chi connectivity index (χ1) is 17.8. The molecule has 0 fully saturated rings. The van der Waals surface area contributed by atoms with E-state index in [4.69, 9.17) is 20.9 Å². The molecule has 0 amide bonds. The minimum Gasteiger partial charge on any atom is -0.494 e. The van der Waals surface area contributed by atoms with Crippen molar-refractivity contribution >= 4 is 33.0 Å². The minimum absolute atomic E-state index is 0.120. The van der Waals surface area contributed by atoms with Crippen LogP contribution in [0.2, 0.25) is 0 Å². The van der Waals surface area contributed by atoms with Crippen LogP contribution < -0.4 is 15.0 Å². The molecule has 0 unspecified atom stereocenters. The molecule has 0 saturated heterocycles. The zero-order valence-corrected chi connectivity index (χ0v) is 22.9. The molecule has 1 heterocycles. The molecule has 0 spiro atoms. The third-order valence-corrected chi connectivity index (χ3v) is 6.36. The molecule has 0 atom stereocenters. The summed E-state index contributed by atoms with van der Waals surface area (Å²) in [5.74, 6) is 4.53. The fourth-order valence-corrected chi connectivity index (χ4v) is 4.45. The van der Waals surface area contributed by atoms with Gasteiger partial charge in [0.05, 0.1) is 23.7 Å². The first-order valence-electron chi connectivity index (χ1n) is 12.0. The summed E-state index contributed by atoms with van der Waals surface area (Å²) in [6.45, 7) is 8.86. The van der Waals surface area contributed by atoms with Gasteiger partial charge in [-0.25, -0.2) is 4.98 Å². The van der Waals surface area contributed by atoms with Crippen LogP contribution in [0.25, 0.3) is 22.3 Å². The van der Waals surface area contributed by atoms with Crippen molar-refractivity contribution in [1.29, 1.82) is 0 Å². The first kappa shape index (κ1) is 26.2. The average Bonchev–Trinajstić information content (AvgIpc) is 2.88. The summed E-state index contributed by atoms with van der Waals surface area (Å²) in [7, 11) is 0. The highest BCUT2D eigenvalue weighted by molar-refractivity contribution is 9.10. The smallest absolute Gasteiger partial charge is 0.282 e. The van der Waals surface area contributed by atoms with E-state index in [9.17, 15) is 4.79 Å². The molecule has 37 heavy (non-hydrogen) atoms. The first-order valence-corrected chi connectivity index (χ1v) is 12.8. The van der Waals surface area contributed by atoms with Crippen LogP contribution in [-0.2, 0) is 0 Å². The Balaban J connectivity index is 1.96. The van der Waals surface area contributed by atoms with E-state index in [0.717, 1.165) is 26.9 Å². The van der Waals surface area contributed by atoms with Gasteiger partial charge in [-0.3, -0.25) is 4.79 Å². The molecule has 0 aliphatic heterocycles. The summed E-state index contributed by atoms with van der Waals surface area (Å²) in [4.78, 5) is 18.6. The Kier molecular flexibility index (Phi) is 8.10. The minimum atomic E-state index is -0.266. The van der Waals surface area contributed by atoms with E-state index >= 15 is 0 Å². The molecule has 0 N–H and O–H groups in total. The third-order valence-electron chi connectivity index (χ3n) is 5.87. The maximum atomic E-state index is 13.7. The lowest BCUT2D eigenvalue weighted by molar-refractivity contribution is 0.335. The second-order valence-corrected chi connectivity index (χ2v) is 9.70. The Labute approximate surface area is 225 Å². The molecule has 1 aromatic heterocycles. The van der Waals surface area contributed by atoms with Gasteiger partial charge in [0.15, 0.2) is 5.82 Å². The Morgan fingerprint density at radius 3 is 2.65 bits per heavy atom. The number of terminal acetylenes is 1. The Morgan fingerprint density at radius 2 is 1.92 bits per heavy atom. The van der Waals surface area contributed by atoms with Crippen molar-refractivity contribution in [2.45, 2.75) is 33.6 Å². The number of nitrogens with zero attached hydrogens (tertiary/aromatic N) is 3. The van der Waals surface area contributed by atoms with Crippen LogP contribution in [-0.4, -0.2) is 29.1 Å². The predicted octanol–water partition coefficient (Wildman–Crippen LogP) is 6.55. The lowest BCUT2D eigenvalue weighted by Gasteiger charge is -2.18. The number of benzene rings is 3. The standard InChI is InChI=1S/C30H28BrN3O3/c1-6-14-37-27-13-12-22(31)16-21(27)18-32-34-29(33-26-11-9-8-10-23(26)30(34)35)25-17-24(19(3)4)28(36-7-2)15-20(25)5/h1,8-13,15-19H,7,14H2,2-5H3. The van der Waals surface area contributed by atoms with Crippen molar-refractivity contribution in [2.75, 3.05) is 13.2 Å². The van der Waals surface area contributed by atoms with Gasteiger partial charge in [0.2, 0.25) is 0 Å². The fraction of sp³-hybridized carbons (Fsp3) is 0.233. The molecular weight excluding hydrogens is 530 g/mol. The van der Waals surface area contributed by atoms with Crippen molar-refractivity contribution < 1.29 is 9.47 Å². The Bertz CT molecular complexity index is 1580. The van der Waals surface area contributed by atoms with Gasteiger partial charge in [0, 0.05) is 15.6 Å². The van der Waals surface area contributed by atoms with Crippen molar-refractivity contribution in [3.63, 3.8) is 0 Å². The maximum absolute atomic E-state index is 13.7. The molecule has 6 nitrogen and oxygen atoms in total. The summed E-state index contributed by atoms with van der Waals surface area (Å²) < 4.78 is 13.8. The molecule has 0 aliphatic carbocycles. The summed E-state index contributed by atoms with van der Waals surface area (Å²) >= 11 is 3.49. The SMILES string of the molecule is C#CCOc1ccc(Br)cc1C=Nn1c(-c2cc(C(C)C)c(OCC)cc2C)nc2ccccc2c1=O. The molecule has 3 aromatic carbocycles. The third kappa shape index (κ3) is 5.60. The van der Waals surface area contributed by atoms with E-state index in [1.54, 1.807) is 18.3 Å². The molecule has 0 bridgehead atoms. The van der Waals surface area contributed by atoms with Crippen molar-refractivity contribution in [1.82, 2.24) is 9.66 Å². The predicted molar refractivity (Wildman–Crippen MR) is 153 cm³/mol. The highest BCUT2D eigenvalue weighted by atomic mass is 79.9. The number of para-hydroxylation sites is 1. The largest absolute Gasteiger partial charge is 0.494 e. The van der Waals surface area contributed by atoms with Gasteiger partial charge in [0.25, 0.3) is 5.56 Å². The zero-order valence-electron chi connectivity index (χ0n) is 21.3. The second-order valence-electron chi connectivity index (χ2n) is 8.78. The lowest BCUT2D eigenvalue weighted by Crippen LogP contribution is -2.21. The number of aryl methyl sites for hydroxylation is 1.